The van der Waals surface area contributed by atoms with Crippen LogP contribution in [0.25, 0.3) is 44.4 Å². The minimum atomic E-state index is 0.750. The number of fused-ring (bicyclic) bond motifs is 3. The van der Waals surface area contributed by atoms with E-state index in [4.69, 9.17) is 14.8 Å². The summed E-state index contributed by atoms with van der Waals surface area (Å²) in [4.78, 5) is 4.70. The van der Waals surface area contributed by atoms with Crippen LogP contribution in [0.2, 0.25) is 0 Å². The van der Waals surface area contributed by atoms with Gasteiger partial charge in [-0.3, -0.25) is 4.57 Å². The fourth-order valence-electron chi connectivity index (χ4n) is 6.03. The summed E-state index contributed by atoms with van der Waals surface area (Å²) < 4.78 is 10.6. The Morgan fingerprint density at radius 1 is 0.738 bits per heavy atom. The Balaban J connectivity index is 1.24. The highest BCUT2D eigenvalue weighted by Crippen LogP contribution is 2.35. The third-order valence-corrected chi connectivity index (χ3v) is 7.97. The molecule has 0 aliphatic rings. The third kappa shape index (κ3) is 4.53. The van der Waals surface area contributed by atoms with E-state index in [-0.39, 0.29) is 0 Å². The highest BCUT2D eigenvalue weighted by Gasteiger charge is 2.15. The lowest BCUT2D eigenvalue weighted by Crippen LogP contribution is -1.97. The fourth-order valence-corrected chi connectivity index (χ4v) is 6.03. The number of para-hydroxylation sites is 1. The Morgan fingerprint density at radius 2 is 1.52 bits per heavy atom. The van der Waals surface area contributed by atoms with Gasteiger partial charge in [0, 0.05) is 40.9 Å². The van der Waals surface area contributed by atoms with Crippen molar-refractivity contribution >= 4 is 21.8 Å². The lowest BCUT2D eigenvalue weighted by atomic mass is 9.95. The molecule has 0 spiro atoms. The van der Waals surface area contributed by atoms with Crippen molar-refractivity contribution in [3.8, 4) is 34.1 Å². The van der Waals surface area contributed by atoms with Gasteiger partial charge in [0.2, 0.25) is 0 Å². The highest BCUT2D eigenvalue weighted by atomic mass is 16.5. The molecule has 0 aliphatic heterocycles. The minimum absolute atomic E-state index is 0.750. The molecule has 42 heavy (non-hydrogen) atoms. The van der Waals surface area contributed by atoms with Crippen molar-refractivity contribution in [3.05, 3.63) is 132 Å². The van der Waals surface area contributed by atoms with E-state index in [2.05, 4.69) is 93.1 Å². The molecule has 7 aromatic rings. The number of pyridine rings is 1. The monoisotopic (exact) mass is 548 g/mol. The summed E-state index contributed by atoms with van der Waals surface area (Å²) in [6.07, 6.45) is 6.94. The predicted octanol–water partition coefficient (Wildman–Crippen LogP) is 9.31. The first-order chi connectivity index (χ1) is 20.5. The van der Waals surface area contributed by atoms with Gasteiger partial charge < -0.3 is 4.74 Å². The number of hydrogen-bond acceptors (Lipinski definition) is 3. The van der Waals surface area contributed by atoms with Gasteiger partial charge in [0.05, 0.1) is 22.9 Å². The zero-order valence-electron chi connectivity index (χ0n) is 24.3. The molecule has 0 bridgehead atoms. The Bertz CT molecular complexity index is 2080. The zero-order valence-corrected chi connectivity index (χ0v) is 24.3. The van der Waals surface area contributed by atoms with Crippen LogP contribution in [-0.2, 0) is 6.42 Å². The van der Waals surface area contributed by atoms with Crippen LogP contribution >= 0.6 is 0 Å². The maximum Gasteiger partial charge on any atom is 0.137 e. The zero-order chi connectivity index (χ0) is 28.8. The average Bonchev–Trinajstić information content (AvgIpc) is 3.60. The van der Waals surface area contributed by atoms with Crippen LogP contribution in [0.3, 0.4) is 0 Å². The fraction of sp³-hybridized carbons (Fsp3) is 0.135. The van der Waals surface area contributed by atoms with Crippen molar-refractivity contribution < 1.29 is 4.74 Å². The minimum Gasteiger partial charge on any atom is -0.457 e. The van der Waals surface area contributed by atoms with E-state index in [0.717, 1.165) is 51.4 Å². The summed E-state index contributed by atoms with van der Waals surface area (Å²) in [7, 11) is 0. The van der Waals surface area contributed by atoms with Gasteiger partial charge in [0.1, 0.15) is 17.3 Å². The molecule has 5 nitrogen and oxygen atoms in total. The Morgan fingerprint density at radius 3 is 2.33 bits per heavy atom. The standard InChI is InChI=1S/C37H32N4O/c1-5-27-18-25(3)37(26(4)19-27)28-22-39-40(23-28)29-9-8-10-30(20-29)42-31-13-14-33-32-11-6-7-12-34(32)41(35(33)21-31)36-17-24(2)15-16-38-36/h6-23H,5H2,1-4H3. The number of ether oxygens (including phenoxy) is 1. The van der Waals surface area contributed by atoms with Crippen molar-refractivity contribution in [2.45, 2.75) is 34.1 Å². The summed E-state index contributed by atoms with van der Waals surface area (Å²) in [6, 6.07) is 31.5. The van der Waals surface area contributed by atoms with Crippen LogP contribution in [0.4, 0.5) is 0 Å². The molecule has 0 radical (unpaired) electrons. The number of benzene rings is 4. The maximum absolute atomic E-state index is 6.44. The molecule has 206 valence electrons. The summed E-state index contributed by atoms with van der Waals surface area (Å²) in [5.41, 5.74) is 10.6. The summed E-state index contributed by atoms with van der Waals surface area (Å²) in [5, 5.41) is 7.06. The molecule has 0 amide bonds. The molecule has 7 rings (SSSR count). The van der Waals surface area contributed by atoms with E-state index in [1.54, 1.807) is 0 Å². The molecule has 0 saturated carbocycles. The van der Waals surface area contributed by atoms with Crippen LogP contribution in [0.15, 0.2) is 110 Å². The first-order valence-corrected chi connectivity index (χ1v) is 14.4. The van der Waals surface area contributed by atoms with Crippen molar-refractivity contribution in [2.24, 2.45) is 0 Å². The Labute approximate surface area is 245 Å². The molecular weight excluding hydrogens is 516 g/mol. The molecule has 0 fully saturated rings. The predicted molar refractivity (Wildman–Crippen MR) is 171 cm³/mol. The molecule has 3 aromatic heterocycles. The topological polar surface area (TPSA) is 44.9 Å². The average molecular weight is 549 g/mol. The quantitative estimate of drug-likeness (QED) is 0.208. The second-order valence-corrected chi connectivity index (χ2v) is 11.0. The number of aryl methyl sites for hydroxylation is 4. The van der Waals surface area contributed by atoms with Gasteiger partial charge in [0.15, 0.2) is 0 Å². The van der Waals surface area contributed by atoms with E-state index < -0.39 is 0 Å². The van der Waals surface area contributed by atoms with Crippen molar-refractivity contribution in [3.63, 3.8) is 0 Å². The van der Waals surface area contributed by atoms with Crippen LogP contribution in [0.1, 0.15) is 29.2 Å². The van der Waals surface area contributed by atoms with Crippen molar-refractivity contribution in [2.75, 3.05) is 0 Å². The van der Waals surface area contributed by atoms with E-state index >= 15 is 0 Å². The lowest BCUT2D eigenvalue weighted by Gasteiger charge is -2.11. The number of nitrogens with zero attached hydrogens (tertiary/aromatic N) is 4. The third-order valence-electron chi connectivity index (χ3n) is 7.97. The Kier molecular flexibility index (Phi) is 6.35. The molecule has 4 aromatic carbocycles. The van der Waals surface area contributed by atoms with Crippen LogP contribution in [0, 0.1) is 20.8 Å². The Hall–Kier alpha value is -5.16. The van der Waals surface area contributed by atoms with Crippen molar-refractivity contribution in [1.29, 1.82) is 0 Å². The molecule has 0 aliphatic carbocycles. The van der Waals surface area contributed by atoms with E-state index in [0.29, 0.717) is 0 Å². The smallest absolute Gasteiger partial charge is 0.137 e. The van der Waals surface area contributed by atoms with Gasteiger partial charge in [-0.25, -0.2) is 9.67 Å². The molecule has 5 heteroatoms. The van der Waals surface area contributed by atoms with Gasteiger partial charge >= 0.3 is 0 Å². The number of hydrogen-bond donors (Lipinski definition) is 0. The second-order valence-electron chi connectivity index (χ2n) is 11.0. The van der Waals surface area contributed by atoms with Gasteiger partial charge in [-0.2, -0.15) is 5.10 Å². The molecule has 3 heterocycles. The van der Waals surface area contributed by atoms with E-state index in [1.165, 1.54) is 33.2 Å². The summed E-state index contributed by atoms with van der Waals surface area (Å²) in [6.45, 7) is 8.64. The van der Waals surface area contributed by atoms with Gasteiger partial charge in [-0.15, -0.1) is 0 Å². The maximum atomic E-state index is 6.44. The highest BCUT2D eigenvalue weighted by molar-refractivity contribution is 6.09. The van der Waals surface area contributed by atoms with E-state index in [1.807, 2.05) is 53.5 Å². The summed E-state index contributed by atoms with van der Waals surface area (Å²) in [5.74, 6) is 2.41. The summed E-state index contributed by atoms with van der Waals surface area (Å²) >= 11 is 0. The number of aromatic nitrogens is 4. The molecule has 0 unspecified atom stereocenters. The van der Waals surface area contributed by atoms with Crippen LogP contribution < -0.4 is 4.74 Å². The van der Waals surface area contributed by atoms with Gasteiger partial charge in [0.25, 0.3) is 0 Å². The van der Waals surface area contributed by atoms with Crippen LogP contribution in [-0.4, -0.2) is 19.3 Å². The first-order valence-electron chi connectivity index (χ1n) is 14.4. The molecule has 0 atom stereocenters. The second kappa shape index (κ2) is 10.3. The van der Waals surface area contributed by atoms with Crippen molar-refractivity contribution in [1.82, 2.24) is 19.3 Å². The largest absolute Gasteiger partial charge is 0.457 e. The normalized spacial score (nSPS) is 11.4. The number of rotatable bonds is 6. The van der Waals surface area contributed by atoms with E-state index in [9.17, 15) is 0 Å². The molecular formula is C37H32N4O. The molecule has 0 saturated heterocycles. The molecule has 0 N–H and O–H groups in total. The van der Waals surface area contributed by atoms with Gasteiger partial charge in [-0.1, -0.05) is 43.3 Å². The van der Waals surface area contributed by atoms with Gasteiger partial charge in [-0.05, 0) is 97.5 Å². The first kappa shape index (κ1) is 25.8. The van der Waals surface area contributed by atoms with Crippen LogP contribution in [0.5, 0.6) is 11.5 Å². The lowest BCUT2D eigenvalue weighted by molar-refractivity contribution is 0.483. The SMILES string of the molecule is CCc1cc(C)c(-c2cnn(-c3cccc(Oc4ccc5c6ccccc6n(-c6cc(C)ccn6)c5c4)c3)c2)c(C)c1.